The second-order valence-corrected chi connectivity index (χ2v) is 8.59. The van der Waals surface area contributed by atoms with E-state index in [0.29, 0.717) is 17.4 Å². The van der Waals surface area contributed by atoms with Gasteiger partial charge in [0.15, 0.2) is 0 Å². The fraction of sp³-hybridized carbons (Fsp3) is 0.241. The van der Waals surface area contributed by atoms with Crippen LogP contribution in [-0.2, 0) is 9.59 Å². The summed E-state index contributed by atoms with van der Waals surface area (Å²) in [7, 11) is 2.84. The van der Waals surface area contributed by atoms with Gasteiger partial charge in [-0.3, -0.25) is 14.5 Å². The van der Waals surface area contributed by atoms with Crippen molar-refractivity contribution in [2.24, 2.45) is 0 Å². The Bertz CT molecular complexity index is 1400. The fourth-order valence-electron chi connectivity index (χ4n) is 4.67. The first-order valence-corrected chi connectivity index (χ1v) is 12.1. The van der Waals surface area contributed by atoms with Crippen LogP contribution >= 0.6 is 0 Å². The van der Waals surface area contributed by atoms with E-state index < -0.39 is 35.1 Å². The van der Waals surface area contributed by atoms with E-state index >= 15 is 0 Å². The van der Waals surface area contributed by atoms with Gasteiger partial charge in [-0.2, -0.15) is 0 Å². The van der Waals surface area contributed by atoms with Crippen LogP contribution in [0.1, 0.15) is 31.0 Å². The van der Waals surface area contributed by atoms with E-state index in [0.717, 1.165) is 35.8 Å². The Morgan fingerprint density at radius 1 is 0.947 bits per heavy atom. The second kappa shape index (κ2) is 10.9. The number of nitrogens with zero attached hydrogens (tertiary/aromatic N) is 2. The first kappa shape index (κ1) is 26.7. The van der Waals surface area contributed by atoms with Crippen molar-refractivity contribution < 1.29 is 33.0 Å². The highest BCUT2D eigenvalue weighted by Crippen LogP contribution is 2.44. The van der Waals surface area contributed by atoms with Gasteiger partial charge in [0.25, 0.3) is 11.7 Å². The number of Topliss-reactive ketones (excluding diaryl/α,β-unsaturated/α-hetero) is 1. The Labute approximate surface area is 219 Å². The number of ketones is 1. The summed E-state index contributed by atoms with van der Waals surface area (Å²) in [6.45, 7) is 5.58. The average molecular weight is 523 g/mol. The molecule has 0 aromatic heterocycles. The Balaban J connectivity index is 1.97. The van der Waals surface area contributed by atoms with Crippen LogP contribution in [0.3, 0.4) is 0 Å². The minimum Gasteiger partial charge on any atom is -0.507 e. The summed E-state index contributed by atoms with van der Waals surface area (Å²) in [6, 6.07) is 13.3. The molecule has 7 nitrogen and oxygen atoms in total. The Hall–Kier alpha value is -4.40. The average Bonchev–Trinajstić information content (AvgIpc) is 3.19. The first-order valence-electron chi connectivity index (χ1n) is 12.1. The summed E-state index contributed by atoms with van der Waals surface area (Å²) < 4.78 is 39.3. The van der Waals surface area contributed by atoms with Crippen molar-refractivity contribution >= 4 is 28.8 Å². The van der Waals surface area contributed by atoms with Crippen molar-refractivity contribution in [3.05, 3.63) is 89.0 Å². The molecule has 0 radical (unpaired) electrons. The van der Waals surface area contributed by atoms with Crippen LogP contribution in [0, 0.1) is 11.6 Å². The van der Waals surface area contributed by atoms with Crippen LogP contribution in [0.4, 0.5) is 20.2 Å². The lowest BCUT2D eigenvalue weighted by molar-refractivity contribution is -0.132. The number of methoxy groups -OCH3 is 2. The van der Waals surface area contributed by atoms with Gasteiger partial charge in [-0.15, -0.1) is 0 Å². The van der Waals surface area contributed by atoms with Crippen molar-refractivity contribution in [2.45, 2.75) is 19.9 Å². The van der Waals surface area contributed by atoms with Gasteiger partial charge in [-0.25, -0.2) is 8.78 Å². The zero-order valence-corrected chi connectivity index (χ0v) is 21.5. The summed E-state index contributed by atoms with van der Waals surface area (Å²) in [5.74, 6) is -3.82. The molecular weight excluding hydrogens is 494 g/mol. The van der Waals surface area contributed by atoms with Crippen molar-refractivity contribution in [1.82, 2.24) is 0 Å². The van der Waals surface area contributed by atoms with Gasteiger partial charge < -0.3 is 19.5 Å². The Morgan fingerprint density at radius 2 is 1.63 bits per heavy atom. The van der Waals surface area contributed by atoms with Crippen LogP contribution in [0.25, 0.3) is 5.76 Å². The number of halogens is 2. The third-order valence-corrected chi connectivity index (χ3v) is 6.61. The topological polar surface area (TPSA) is 79.3 Å². The number of hydrogen-bond donors (Lipinski definition) is 1. The first-order chi connectivity index (χ1) is 18.2. The van der Waals surface area contributed by atoms with Crippen LogP contribution in [0.5, 0.6) is 11.5 Å². The summed E-state index contributed by atoms with van der Waals surface area (Å²) in [5, 5.41) is 11.5. The summed E-state index contributed by atoms with van der Waals surface area (Å²) in [6.07, 6.45) is 0. The standard InChI is InChI=1S/C29H28F2N2O5/c1-5-32(6-2)19-10-7-17(8-11-19)26-25(27(34)21-16-20(37-3)12-14-24(21)38-4)28(35)29(36)33(26)23-13-9-18(30)15-22(23)31/h7-16,26,34H,5-6H2,1-4H3/b27-25+. The van der Waals surface area contributed by atoms with Crippen LogP contribution in [0.15, 0.2) is 66.2 Å². The second-order valence-electron chi connectivity index (χ2n) is 8.59. The van der Waals surface area contributed by atoms with Crippen molar-refractivity contribution in [2.75, 3.05) is 37.1 Å². The maximum Gasteiger partial charge on any atom is 0.300 e. The van der Waals surface area contributed by atoms with Crippen LogP contribution < -0.4 is 19.3 Å². The number of hydrogen-bond acceptors (Lipinski definition) is 6. The lowest BCUT2D eigenvalue weighted by Gasteiger charge is -2.27. The van der Waals surface area contributed by atoms with Gasteiger partial charge in [0, 0.05) is 24.8 Å². The van der Waals surface area contributed by atoms with Gasteiger partial charge in [0.1, 0.15) is 28.9 Å². The number of rotatable bonds is 8. The zero-order chi connectivity index (χ0) is 27.6. The third kappa shape index (κ3) is 4.67. The van der Waals surface area contributed by atoms with Crippen molar-refractivity contribution in [3.8, 4) is 11.5 Å². The fourth-order valence-corrected chi connectivity index (χ4v) is 4.67. The normalized spacial score (nSPS) is 16.6. The maximum atomic E-state index is 15.0. The van der Waals surface area contributed by atoms with Crippen LogP contribution in [0.2, 0.25) is 0 Å². The van der Waals surface area contributed by atoms with E-state index in [4.69, 9.17) is 9.47 Å². The van der Waals surface area contributed by atoms with E-state index in [1.54, 1.807) is 24.3 Å². The van der Waals surface area contributed by atoms with Gasteiger partial charge in [-0.05, 0) is 61.9 Å². The zero-order valence-electron chi connectivity index (χ0n) is 21.5. The molecule has 4 rings (SSSR count). The number of carbonyl (C=O) groups excluding carboxylic acids is 2. The molecule has 1 atom stereocenters. The number of aliphatic hydroxyl groups is 1. The smallest absolute Gasteiger partial charge is 0.300 e. The van der Waals surface area contributed by atoms with Gasteiger partial charge >= 0.3 is 0 Å². The molecule has 1 heterocycles. The molecule has 3 aromatic rings. The van der Waals surface area contributed by atoms with Crippen LogP contribution in [-0.4, -0.2) is 44.1 Å². The molecule has 1 fully saturated rings. The highest BCUT2D eigenvalue weighted by molar-refractivity contribution is 6.51. The molecule has 1 N–H and O–H groups in total. The monoisotopic (exact) mass is 522 g/mol. The molecule has 0 spiro atoms. The summed E-state index contributed by atoms with van der Waals surface area (Å²) in [4.78, 5) is 29.8. The molecule has 9 heteroatoms. The summed E-state index contributed by atoms with van der Waals surface area (Å²) in [5.41, 5.74) is 0.934. The number of anilines is 2. The van der Waals surface area contributed by atoms with Gasteiger partial charge in [0.2, 0.25) is 0 Å². The molecule has 1 aliphatic rings. The third-order valence-electron chi connectivity index (χ3n) is 6.61. The molecule has 0 saturated carbocycles. The largest absolute Gasteiger partial charge is 0.507 e. The lowest BCUT2D eigenvalue weighted by atomic mass is 9.94. The Morgan fingerprint density at radius 3 is 2.21 bits per heavy atom. The van der Waals surface area contributed by atoms with Gasteiger partial charge in [-0.1, -0.05) is 12.1 Å². The predicted octanol–water partition coefficient (Wildman–Crippen LogP) is 5.45. The number of aliphatic hydroxyl groups excluding tert-OH is 1. The number of ether oxygens (including phenoxy) is 2. The maximum absolute atomic E-state index is 15.0. The molecule has 0 bridgehead atoms. The van der Waals surface area contributed by atoms with E-state index in [-0.39, 0.29) is 22.6 Å². The number of carbonyl (C=O) groups is 2. The van der Waals surface area contributed by atoms with E-state index in [9.17, 15) is 23.5 Å². The van der Waals surface area contributed by atoms with Gasteiger partial charge in [0.05, 0.1) is 37.1 Å². The molecule has 1 unspecified atom stereocenters. The van der Waals surface area contributed by atoms with E-state index in [1.807, 2.05) is 26.0 Å². The molecule has 3 aromatic carbocycles. The SMILES string of the molecule is CCN(CC)c1ccc(C2/C(=C(\O)c3cc(OC)ccc3OC)C(=O)C(=O)N2c2ccc(F)cc2F)cc1. The minimum absolute atomic E-state index is 0.120. The van der Waals surface area contributed by atoms with Crippen molar-refractivity contribution in [1.29, 1.82) is 0 Å². The molecule has 38 heavy (non-hydrogen) atoms. The highest BCUT2D eigenvalue weighted by atomic mass is 19.1. The predicted molar refractivity (Wildman–Crippen MR) is 141 cm³/mol. The lowest BCUT2D eigenvalue weighted by Crippen LogP contribution is -2.30. The molecular formula is C29H28F2N2O5. The van der Waals surface area contributed by atoms with E-state index in [1.165, 1.54) is 20.3 Å². The summed E-state index contributed by atoms with van der Waals surface area (Å²) >= 11 is 0. The number of amides is 1. The molecule has 1 saturated heterocycles. The quantitative estimate of drug-likeness (QED) is 0.241. The minimum atomic E-state index is -1.20. The number of benzene rings is 3. The molecule has 1 amide bonds. The Kier molecular flexibility index (Phi) is 7.66. The van der Waals surface area contributed by atoms with Crippen molar-refractivity contribution in [3.63, 3.8) is 0 Å². The highest BCUT2D eigenvalue weighted by Gasteiger charge is 2.48. The molecule has 198 valence electrons. The van der Waals surface area contributed by atoms with E-state index in [2.05, 4.69) is 4.90 Å². The molecule has 0 aliphatic carbocycles. The molecule has 1 aliphatic heterocycles.